The molecule has 0 spiro atoms. The minimum atomic E-state index is -4.35. The smallest absolute Gasteiger partial charge is 0.264 e. The second kappa shape index (κ2) is 14.8. The molecule has 0 saturated heterocycles. The van der Waals surface area contributed by atoms with Crippen molar-refractivity contribution in [2.24, 2.45) is 0 Å². The molecule has 4 aromatic rings. The highest BCUT2D eigenvalue weighted by Gasteiger charge is 2.36. The molecule has 0 fully saturated rings. The fourth-order valence-electron chi connectivity index (χ4n) is 4.83. The molecule has 4 aromatic carbocycles. The van der Waals surface area contributed by atoms with E-state index in [0.717, 1.165) is 22.0 Å². The molecule has 0 aliphatic rings. The highest BCUT2D eigenvalue weighted by molar-refractivity contribution is 7.92. The highest BCUT2D eigenvalue weighted by atomic mass is 35.5. The van der Waals surface area contributed by atoms with Crippen LogP contribution in [0.15, 0.2) is 108 Å². The zero-order valence-electron chi connectivity index (χ0n) is 26.1. The maximum absolute atomic E-state index is 14.5. The molecule has 4 rings (SSSR count). The first kappa shape index (κ1) is 34.5. The van der Waals surface area contributed by atoms with Gasteiger partial charge in [-0.3, -0.25) is 13.9 Å². The van der Waals surface area contributed by atoms with Crippen LogP contribution in [0.4, 0.5) is 10.1 Å². The molecule has 0 aliphatic carbocycles. The summed E-state index contributed by atoms with van der Waals surface area (Å²) in [5.74, 6) is -1.20. The van der Waals surface area contributed by atoms with Crippen LogP contribution in [0.5, 0.6) is 5.75 Å². The molecule has 0 heterocycles. The molecule has 46 heavy (non-hydrogen) atoms. The number of halogens is 2. The Morgan fingerprint density at radius 1 is 0.891 bits per heavy atom. The molecular weight excluding hydrogens is 629 g/mol. The number of nitrogens with one attached hydrogen (secondary N) is 1. The van der Waals surface area contributed by atoms with Crippen molar-refractivity contribution in [2.45, 2.75) is 50.2 Å². The fourth-order valence-corrected chi connectivity index (χ4v) is 6.44. The van der Waals surface area contributed by atoms with Crippen LogP contribution in [0.1, 0.15) is 31.9 Å². The van der Waals surface area contributed by atoms with Crippen LogP contribution < -0.4 is 14.4 Å². The summed E-state index contributed by atoms with van der Waals surface area (Å²) in [7, 11) is -2.89. The van der Waals surface area contributed by atoms with Crippen molar-refractivity contribution >= 4 is 39.1 Å². The Hall–Kier alpha value is -4.41. The minimum absolute atomic E-state index is 0.0713. The van der Waals surface area contributed by atoms with Crippen molar-refractivity contribution < 1.29 is 27.1 Å². The van der Waals surface area contributed by atoms with Gasteiger partial charge in [-0.25, -0.2) is 12.8 Å². The first-order valence-electron chi connectivity index (χ1n) is 14.6. The third-order valence-electron chi connectivity index (χ3n) is 7.11. The quantitative estimate of drug-likeness (QED) is 0.193. The van der Waals surface area contributed by atoms with Crippen molar-refractivity contribution in [1.82, 2.24) is 10.2 Å². The van der Waals surface area contributed by atoms with E-state index in [1.54, 1.807) is 24.3 Å². The van der Waals surface area contributed by atoms with Gasteiger partial charge in [0.15, 0.2) is 0 Å². The van der Waals surface area contributed by atoms with Crippen LogP contribution in [0, 0.1) is 5.82 Å². The SMILES string of the molecule is COc1ccc(S(=O)(=O)N(CC(=O)N(Cc2ccccc2Cl)[C@@H](Cc2ccccc2)C(=O)NC(C)(C)C)c2ccc(F)cc2)cc1. The number of ether oxygens (including phenoxy) is 1. The number of methoxy groups -OCH3 is 1. The standard InChI is InChI=1S/C35H37ClFN3O5S/c1-35(2,3)38-34(42)32(22-25-10-6-5-7-11-25)39(23-26-12-8-9-13-31(26)36)33(41)24-40(28-16-14-27(37)15-17-28)46(43,44)30-20-18-29(45-4)19-21-30/h5-21,32H,22-24H2,1-4H3,(H,38,42)/t32-/m0/s1. The van der Waals surface area contributed by atoms with E-state index >= 15 is 0 Å². The topological polar surface area (TPSA) is 96.0 Å². The van der Waals surface area contributed by atoms with E-state index in [4.69, 9.17) is 16.3 Å². The molecule has 0 aliphatic heterocycles. The molecule has 2 amide bonds. The summed E-state index contributed by atoms with van der Waals surface area (Å²) in [6.45, 7) is 4.75. The normalized spacial score (nSPS) is 12.2. The molecule has 11 heteroatoms. The number of amides is 2. The van der Waals surface area contributed by atoms with Gasteiger partial charge in [0, 0.05) is 23.5 Å². The average molecular weight is 666 g/mol. The minimum Gasteiger partial charge on any atom is -0.497 e. The van der Waals surface area contributed by atoms with Crippen LogP contribution in [0.25, 0.3) is 0 Å². The highest BCUT2D eigenvalue weighted by Crippen LogP contribution is 2.27. The summed E-state index contributed by atoms with van der Waals surface area (Å²) >= 11 is 6.53. The van der Waals surface area contributed by atoms with Gasteiger partial charge in [0.25, 0.3) is 10.0 Å². The van der Waals surface area contributed by atoms with Gasteiger partial charge in [-0.2, -0.15) is 0 Å². The second-order valence-corrected chi connectivity index (χ2v) is 14.0. The average Bonchev–Trinajstić information content (AvgIpc) is 3.02. The van der Waals surface area contributed by atoms with Gasteiger partial charge in [0.2, 0.25) is 11.8 Å². The number of carbonyl (C=O) groups is 2. The van der Waals surface area contributed by atoms with E-state index in [9.17, 15) is 22.4 Å². The zero-order valence-corrected chi connectivity index (χ0v) is 27.7. The van der Waals surface area contributed by atoms with Crippen molar-refractivity contribution in [3.8, 4) is 5.75 Å². The fraction of sp³-hybridized carbons (Fsp3) is 0.257. The van der Waals surface area contributed by atoms with E-state index in [1.165, 1.54) is 48.4 Å². The number of hydrogen-bond acceptors (Lipinski definition) is 5. The number of carbonyl (C=O) groups excluding carboxylic acids is 2. The molecule has 0 unspecified atom stereocenters. The van der Waals surface area contributed by atoms with E-state index in [1.807, 2.05) is 51.1 Å². The van der Waals surface area contributed by atoms with E-state index in [-0.39, 0.29) is 23.5 Å². The summed E-state index contributed by atoms with van der Waals surface area (Å²) < 4.78 is 48.2. The molecule has 1 atom stereocenters. The Labute approximate surface area is 274 Å². The van der Waals surface area contributed by atoms with E-state index in [0.29, 0.717) is 16.3 Å². The number of hydrogen-bond donors (Lipinski definition) is 1. The molecule has 0 radical (unpaired) electrons. The number of rotatable bonds is 12. The van der Waals surface area contributed by atoms with Crippen molar-refractivity contribution in [2.75, 3.05) is 18.0 Å². The molecule has 242 valence electrons. The summed E-state index contributed by atoms with van der Waals surface area (Å²) in [6.07, 6.45) is 0.153. The zero-order chi connectivity index (χ0) is 33.5. The monoisotopic (exact) mass is 665 g/mol. The first-order valence-corrected chi connectivity index (χ1v) is 16.4. The third-order valence-corrected chi connectivity index (χ3v) is 9.27. The molecule has 8 nitrogen and oxygen atoms in total. The van der Waals surface area contributed by atoms with Gasteiger partial charge in [0.1, 0.15) is 24.2 Å². The Morgan fingerprint density at radius 3 is 2.09 bits per heavy atom. The van der Waals surface area contributed by atoms with Crippen molar-refractivity contribution in [3.05, 3.63) is 125 Å². The van der Waals surface area contributed by atoms with Crippen LogP contribution in [-0.4, -0.2) is 50.4 Å². The number of sulfonamides is 1. The maximum atomic E-state index is 14.5. The predicted octanol–water partition coefficient (Wildman–Crippen LogP) is 6.24. The maximum Gasteiger partial charge on any atom is 0.264 e. The summed E-state index contributed by atoms with van der Waals surface area (Å²) in [6, 6.07) is 25.7. The number of nitrogens with zero attached hydrogens (tertiary/aromatic N) is 2. The Balaban J connectivity index is 1.82. The van der Waals surface area contributed by atoms with Crippen molar-refractivity contribution in [3.63, 3.8) is 0 Å². The van der Waals surface area contributed by atoms with Crippen LogP contribution in [0.3, 0.4) is 0 Å². The largest absolute Gasteiger partial charge is 0.497 e. The van der Waals surface area contributed by atoms with Gasteiger partial charge in [0.05, 0.1) is 17.7 Å². The van der Waals surface area contributed by atoms with E-state index in [2.05, 4.69) is 5.32 Å². The van der Waals surface area contributed by atoms with Crippen LogP contribution in [-0.2, 0) is 32.6 Å². The Morgan fingerprint density at radius 2 is 1.50 bits per heavy atom. The Bertz CT molecular complexity index is 1750. The van der Waals surface area contributed by atoms with Gasteiger partial charge in [-0.05, 0) is 86.5 Å². The molecule has 0 aromatic heterocycles. The lowest BCUT2D eigenvalue weighted by molar-refractivity contribution is -0.140. The van der Waals surface area contributed by atoms with Gasteiger partial charge >= 0.3 is 0 Å². The predicted molar refractivity (Wildman–Crippen MR) is 178 cm³/mol. The lowest BCUT2D eigenvalue weighted by atomic mass is 10.0. The second-order valence-electron chi connectivity index (χ2n) is 11.7. The summed E-state index contributed by atoms with van der Waals surface area (Å²) in [5.41, 5.74) is 0.824. The van der Waals surface area contributed by atoms with Crippen molar-refractivity contribution in [1.29, 1.82) is 0 Å². The lowest BCUT2D eigenvalue weighted by Gasteiger charge is -2.35. The number of benzene rings is 4. The lowest BCUT2D eigenvalue weighted by Crippen LogP contribution is -2.56. The number of anilines is 1. The van der Waals surface area contributed by atoms with E-state index < -0.39 is 45.8 Å². The van der Waals surface area contributed by atoms with Gasteiger partial charge < -0.3 is 15.0 Å². The third kappa shape index (κ3) is 8.86. The van der Waals surface area contributed by atoms with Gasteiger partial charge in [-0.1, -0.05) is 60.1 Å². The van der Waals surface area contributed by atoms with Crippen LogP contribution >= 0.6 is 11.6 Å². The summed E-state index contributed by atoms with van der Waals surface area (Å²) in [4.78, 5) is 29.7. The van der Waals surface area contributed by atoms with Crippen LogP contribution in [0.2, 0.25) is 5.02 Å². The molecule has 0 saturated carbocycles. The Kier molecular flexibility index (Phi) is 11.1. The first-order chi connectivity index (χ1) is 21.8. The van der Waals surface area contributed by atoms with Gasteiger partial charge in [-0.15, -0.1) is 0 Å². The molecule has 0 bridgehead atoms. The molecular formula is C35H37ClFN3O5S. The summed E-state index contributed by atoms with van der Waals surface area (Å²) in [5, 5.41) is 3.37. The molecule has 1 N–H and O–H groups in total.